The Kier molecular flexibility index (Phi) is 7.18. The quantitative estimate of drug-likeness (QED) is 0.481. The summed E-state index contributed by atoms with van der Waals surface area (Å²) in [5, 5.41) is 0. The van der Waals surface area contributed by atoms with Gasteiger partial charge in [0, 0.05) is 24.6 Å². The van der Waals surface area contributed by atoms with Gasteiger partial charge in [0.15, 0.2) is 0 Å². The summed E-state index contributed by atoms with van der Waals surface area (Å²) in [4.78, 5) is 22.7. The Hall–Kier alpha value is -2.85. The number of hydrogen-bond acceptors (Lipinski definition) is 5. The van der Waals surface area contributed by atoms with Crippen LogP contribution in [0.15, 0.2) is 53.4 Å². The standard InChI is InChI=1S/C18H18F2N2O5S/c19-13-8-9-15(14(20)11-13)28(25,26)22-10-4-7-16(23)27-17(18(21)24)12-5-2-1-3-6-12/h1-3,5-6,8-9,11,17,22H,4,7,10H2,(H2,21,24)/t17-/m0/s1. The predicted molar refractivity (Wildman–Crippen MR) is 95.2 cm³/mol. The highest BCUT2D eigenvalue weighted by atomic mass is 32.2. The molecule has 0 heterocycles. The van der Waals surface area contributed by atoms with Crippen molar-refractivity contribution >= 4 is 21.9 Å². The van der Waals surface area contributed by atoms with Crippen LogP contribution >= 0.6 is 0 Å². The first-order valence-corrected chi connectivity index (χ1v) is 9.67. The number of hydrogen-bond donors (Lipinski definition) is 2. The molecule has 28 heavy (non-hydrogen) atoms. The Morgan fingerprint density at radius 3 is 2.39 bits per heavy atom. The van der Waals surface area contributed by atoms with Crippen LogP contribution in [-0.4, -0.2) is 26.8 Å². The number of amides is 1. The summed E-state index contributed by atoms with van der Waals surface area (Å²) in [5.41, 5.74) is 5.66. The first-order valence-electron chi connectivity index (χ1n) is 8.19. The maximum absolute atomic E-state index is 13.6. The van der Waals surface area contributed by atoms with Gasteiger partial charge < -0.3 is 10.5 Å². The number of carbonyl (C=O) groups is 2. The first-order chi connectivity index (χ1) is 13.2. The van der Waals surface area contributed by atoms with Gasteiger partial charge in [0.05, 0.1) is 0 Å². The van der Waals surface area contributed by atoms with E-state index >= 15 is 0 Å². The van der Waals surface area contributed by atoms with Crippen molar-refractivity contribution in [3.8, 4) is 0 Å². The van der Waals surface area contributed by atoms with Gasteiger partial charge in [0.1, 0.15) is 16.5 Å². The molecule has 150 valence electrons. The zero-order valence-corrected chi connectivity index (χ0v) is 15.4. The van der Waals surface area contributed by atoms with Gasteiger partial charge in [-0.3, -0.25) is 9.59 Å². The van der Waals surface area contributed by atoms with E-state index in [1.165, 1.54) is 0 Å². The van der Waals surface area contributed by atoms with Gasteiger partial charge in [-0.15, -0.1) is 0 Å². The van der Waals surface area contributed by atoms with E-state index in [1.54, 1.807) is 30.3 Å². The maximum atomic E-state index is 13.6. The molecule has 10 heteroatoms. The number of nitrogens with two attached hydrogens (primary N) is 1. The maximum Gasteiger partial charge on any atom is 0.306 e. The number of halogens is 2. The SMILES string of the molecule is NC(=O)[C@@H](OC(=O)CCCNS(=O)(=O)c1ccc(F)cc1F)c1ccccc1. The summed E-state index contributed by atoms with van der Waals surface area (Å²) in [7, 11) is -4.20. The molecular weight excluding hydrogens is 394 g/mol. The Balaban J connectivity index is 1.87. The fourth-order valence-electron chi connectivity index (χ4n) is 2.32. The van der Waals surface area contributed by atoms with Crippen LogP contribution in [0.3, 0.4) is 0 Å². The van der Waals surface area contributed by atoms with E-state index in [4.69, 9.17) is 10.5 Å². The molecule has 0 aromatic heterocycles. The molecule has 0 saturated carbocycles. The lowest BCUT2D eigenvalue weighted by molar-refractivity contribution is -0.155. The van der Waals surface area contributed by atoms with Gasteiger partial charge in [0.2, 0.25) is 16.1 Å². The molecule has 0 radical (unpaired) electrons. The van der Waals surface area contributed by atoms with Gasteiger partial charge in [-0.25, -0.2) is 21.9 Å². The molecule has 2 aromatic carbocycles. The highest BCUT2D eigenvalue weighted by Gasteiger charge is 2.23. The molecule has 2 rings (SSSR count). The Labute approximate surface area is 160 Å². The summed E-state index contributed by atoms with van der Waals surface area (Å²) < 4.78 is 57.6. The average molecular weight is 412 g/mol. The van der Waals surface area contributed by atoms with E-state index in [2.05, 4.69) is 4.72 Å². The topological polar surface area (TPSA) is 116 Å². The third-order valence-corrected chi connectivity index (χ3v) is 5.14. The third kappa shape index (κ3) is 5.83. The summed E-state index contributed by atoms with van der Waals surface area (Å²) in [6.45, 7) is -0.194. The van der Waals surface area contributed by atoms with E-state index in [0.717, 1.165) is 12.1 Å². The molecule has 0 unspecified atom stereocenters. The van der Waals surface area contributed by atoms with Crippen molar-refractivity contribution in [1.29, 1.82) is 0 Å². The minimum atomic E-state index is -4.20. The predicted octanol–water partition coefficient (Wildman–Crippen LogP) is 1.79. The minimum absolute atomic E-state index is 0.0289. The second-order valence-corrected chi connectivity index (χ2v) is 7.49. The number of nitrogens with one attached hydrogen (secondary N) is 1. The van der Waals surface area contributed by atoms with Crippen molar-refractivity contribution < 1.29 is 31.5 Å². The molecule has 0 aliphatic heterocycles. The Morgan fingerprint density at radius 1 is 1.11 bits per heavy atom. The number of esters is 1. The minimum Gasteiger partial charge on any atom is -0.447 e. The number of sulfonamides is 1. The summed E-state index contributed by atoms with van der Waals surface area (Å²) in [5.74, 6) is -3.72. The first kappa shape index (κ1) is 21.5. The molecule has 1 amide bonds. The van der Waals surface area contributed by atoms with Crippen molar-refractivity contribution in [2.45, 2.75) is 23.8 Å². The van der Waals surface area contributed by atoms with Crippen molar-refractivity contribution in [2.24, 2.45) is 5.73 Å². The van der Waals surface area contributed by atoms with Crippen LogP contribution in [0.4, 0.5) is 8.78 Å². The second kappa shape index (κ2) is 9.38. The molecule has 0 aliphatic carbocycles. The van der Waals surface area contributed by atoms with E-state index in [1.807, 2.05) is 0 Å². The average Bonchev–Trinajstić information content (AvgIpc) is 2.63. The molecule has 2 aromatic rings. The number of benzene rings is 2. The van der Waals surface area contributed by atoms with Crippen LogP contribution in [0.1, 0.15) is 24.5 Å². The van der Waals surface area contributed by atoms with Gasteiger partial charge >= 0.3 is 5.97 Å². The Bertz CT molecular complexity index is 952. The monoisotopic (exact) mass is 412 g/mol. The Morgan fingerprint density at radius 2 is 1.79 bits per heavy atom. The van der Waals surface area contributed by atoms with Crippen LogP contribution in [-0.2, 0) is 24.3 Å². The van der Waals surface area contributed by atoms with Gasteiger partial charge in [-0.1, -0.05) is 30.3 Å². The molecule has 0 bridgehead atoms. The molecule has 0 fully saturated rings. The fraction of sp³-hybridized carbons (Fsp3) is 0.222. The van der Waals surface area contributed by atoms with Crippen molar-refractivity contribution in [3.05, 3.63) is 65.7 Å². The van der Waals surface area contributed by atoms with E-state index in [-0.39, 0.29) is 19.4 Å². The fourth-order valence-corrected chi connectivity index (χ4v) is 3.45. The lowest BCUT2D eigenvalue weighted by atomic mass is 10.1. The van der Waals surface area contributed by atoms with Gasteiger partial charge in [-0.2, -0.15) is 0 Å². The van der Waals surface area contributed by atoms with E-state index in [0.29, 0.717) is 11.6 Å². The summed E-state index contributed by atoms with van der Waals surface area (Å²) in [6, 6.07) is 10.3. The van der Waals surface area contributed by atoms with Crippen LogP contribution in [0.2, 0.25) is 0 Å². The van der Waals surface area contributed by atoms with Crippen molar-refractivity contribution in [1.82, 2.24) is 4.72 Å². The molecule has 0 spiro atoms. The summed E-state index contributed by atoms with van der Waals surface area (Å²) in [6.07, 6.45) is -1.43. The van der Waals surface area contributed by atoms with Crippen molar-refractivity contribution in [3.63, 3.8) is 0 Å². The second-order valence-electron chi connectivity index (χ2n) is 5.76. The zero-order chi connectivity index (χ0) is 20.7. The van der Waals surface area contributed by atoms with Crippen molar-refractivity contribution in [2.75, 3.05) is 6.54 Å². The number of ether oxygens (including phenoxy) is 1. The van der Waals surface area contributed by atoms with Gasteiger partial charge in [-0.05, 0) is 18.6 Å². The third-order valence-electron chi connectivity index (χ3n) is 3.64. The number of rotatable bonds is 9. The largest absolute Gasteiger partial charge is 0.447 e. The lowest BCUT2D eigenvalue weighted by Crippen LogP contribution is -2.28. The number of primary amides is 1. The number of carbonyl (C=O) groups excluding carboxylic acids is 2. The highest BCUT2D eigenvalue weighted by Crippen LogP contribution is 2.18. The summed E-state index contributed by atoms with van der Waals surface area (Å²) >= 11 is 0. The van der Waals surface area contributed by atoms with Crippen LogP contribution in [0.25, 0.3) is 0 Å². The highest BCUT2D eigenvalue weighted by molar-refractivity contribution is 7.89. The van der Waals surface area contributed by atoms with Crippen LogP contribution in [0.5, 0.6) is 0 Å². The molecule has 7 nitrogen and oxygen atoms in total. The van der Waals surface area contributed by atoms with Crippen LogP contribution < -0.4 is 10.5 Å². The molecule has 1 atom stereocenters. The molecule has 3 N–H and O–H groups in total. The molecule has 0 aliphatic rings. The molecule has 0 saturated heterocycles. The molecular formula is C18H18F2N2O5S. The van der Waals surface area contributed by atoms with E-state index < -0.39 is 44.5 Å². The lowest BCUT2D eigenvalue weighted by Gasteiger charge is -2.15. The van der Waals surface area contributed by atoms with E-state index in [9.17, 15) is 26.8 Å². The zero-order valence-electron chi connectivity index (χ0n) is 14.6. The van der Waals surface area contributed by atoms with Gasteiger partial charge in [0.25, 0.3) is 5.91 Å². The smallest absolute Gasteiger partial charge is 0.306 e. The van der Waals surface area contributed by atoms with Crippen LogP contribution in [0, 0.1) is 11.6 Å². The normalized spacial score (nSPS) is 12.4.